The Bertz CT molecular complexity index is 766. The molecule has 1 atom stereocenters. The second-order valence-electron chi connectivity index (χ2n) is 5.76. The van der Waals surface area contributed by atoms with Crippen molar-refractivity contribution in [1.82, 2.24) is 19.9 Å². The van der Waals surface area contributed by atoms with Crippen LogP contribution in [0.3, 0.4) is 0 Å². The molecular weight excluding hydrogens is 276 g/mol. The van der Waals surface area contributed by atoms with Gasteiger partial charge in [-0.1, -0.05) is 32.0 Å². The number of hydrogen-bond acceptors (Lipinski definition) is 4. The van der Waals surface area contributed by atoms with Crippen LogP contribution < -0.4 is 5.32 Å². The lowest BCUT2D eigenvalue weighted by molar-refractivity contribution is 0.389. The molecule has 0 radical (unpaired) electrons. The Labute approximate surface area is 129 Å². The topological polar surface area (TPSA) is 62.5 Å². The fourth-order valence-electron chi connectivity index (χ4n) is 2.59. The summed E-state index contributed by atoms with van der Waals surface area (Å²) in [5.41, 5.74) is 1.89. The number of hydrogen-bond donors (Lipinski definition) is 2. The first-order valence-corrected chi connectivity index (χ1v) is 7.46. The van der Waals surface area contributed by atoms with E-state index in [9.17, 15) is 5.11 Å². The summed E-state index contributed by atoms with van der Waals surface area (Å²) in [6, 6.07) is 13.3. The molecule has 0 saturated carbocycles. The van der Waals surface area contributed by atoms with E-state index < -0.39 is 0 Å². The average Bonchev–Trinajstić information content (AvgIpc) is 2.91. The van der Waals surface area contributed by atoms with Gasteiger partial charge in [0.2, 0.25) is 0 Å². The van der Waals surface area contributed by atoms with Crippen LogP contribution in [0.15, 0.2) is 48.7 Å². The second-order valence-corrected chi connectivity index (χ2v) is 5.76. The highest BCUT2D eigenvalue weighted by Gasteiger charge is 2.21. The third-order valence-electron chi connectivity index (χ3n) is 3.72. The number of phenolic OH excluding ortho intramolecular Hbond substituents is 1. The Hall–Kier alpha value is -2.40. The van der Waals surface area contributed by atoms with E-state index in [1.165, 1.54) is 0 Å². The standard InChI is InChI=1S/C17H20N4O/c1-12(2)16(18-11-13-6-5-7-14(22)10-13)17-20-19-15-8-3-4-9-21(15)17/h3-10,12,16,18,22H,11H2,1-2H3/t16-/m0/s1. The van der Waals surface area contributed by atoms with Crippen molar-refractivity contribution >= 4 is 5.65 Å². The van der Waals surface area contributed by atoms with Crippen LogP contribution in [0.25, 0.3) is 5.65 Å². The molecule has 114 valence electrons. The highest BCUT2D eigenvalue weighted by Crippen LogP contribution is 2.21. The summed E-state index contributed by atoms with van der Waals surface area (Å²) in [5, 5.41) is 21.7. The van der Waals surface area contributed by atoms with E-state index in [-0.39, 0.29) is 11.8 Å². The summed E-state index contributed by atoms with van der Waals surface area (Å²) in [4.78, 5) is 0. The molecule has 0 saturated heterocycles. The first-order chi connectivity index (χ1) is 10.6. The molecular formula is C17H20N4O. The summed E-state index contributed by atoms with van der Waals surface area (Å²) < 4.78 is 2.01. The molecule has 0 aliphatic rings. The number of pyridine rings is 1. The fourth-order valence-corrected chi connectivity index (χ4v) is 2.59. The van der Waals surface area contributed by atoms with Crippen molar-refractivity contribution in [2.24, 2.45) is 5.92 Å². The smallest absolute Gasteiger partial charge is 0.160 e. The number of aromatic hydroxyl groups is 1. The summed E-state index contributed by atoms with van der Waals surface area (Å²) in [6.45, 7) is 4.98. The quantitative estimate of drug-likeness (QED) is 0.760. The number of fused-ring (bicyclic) bond motifs is 1. The highest BCUT2D eigenvalue weighted by molar-refractivity contribution is 5.37. The normalized spacial score (nSPS) is 12.9. The van der Waals surface area contributed by atoms with E-state index in [4.69, 9.17) is 0 Å². The Kier molecular flexibility index (Phi) is 4.06. The Morgan fingerprint density at radius 2 is 2.00 bits per heavy atom. The molecule has 0 aliphatic carbocycles. The number of phenols is 1. The maximum atomic E-state index is 9.56. The van der Waals surface area contributed by atoms with Crippen molar-refractivity contribution in [3.05, 3.63) is 60.0 Å². The first kappa shape index (κ1) is 14.5. The van der Waals surface area contributed by atoms with Gasteiger partial charge in [0.05, 0.1) is 6.04 Å². The van der Waals surface area contributed by atoms with Crippen molar-refractivity contribution < 1.29 is 5.11 Å². The molecule has 5 nitrogen and oxygen atoms in total. The monoisotopic (exact) mass is 296 g/mol. The molecule has 5 heteroatoms. The van der Waals surface area contributed by atoms with Crippen molar-refractivity contribution in [2.75, 3.05) is 0 Å². The SMILES string of the molecule is CC(C)[C@H](NCc1cccc(O)c1)c1nnc2ccccn12. The lowest BCUT2D eigenvalue weighted by Crippen LogP contribution is -2.27. The zero-order chi connectivity index (χ0) is 15.5. The molecule has 0 aliphatic heterocycles. The van der Waals surface area contributed by atoms with Crippen LogP contribution in [0.5, 0.6) is 5.75 Å². The van der Waals surface area contributed by atoms with Crippen molar-refractivity contribution in [3.63, 3.8) is 0 Å². The largest absolute Gasteiger partial charge is 0.508 e. The van der Waals surface area contributed by atoms with Crippen molar-refractivity contribution in [2.45, 2.75) is 26.4 Å². The Balaban J connectivity index is 1.84. The lowest BCUT2D eigenvalue weighted by atomic mass is 10.0. The Morgan fingerprint density at radius 1 is 1.14 bits per heavy atom. The van der Waals surface area contributed by atoms with Crippen molar-refractivity contribution in [3.8, 4) is 5.75 Å². The van der Waals surface area contributed by atoms with E-state index in [1.54, 1.807) is 12.1 Å². The van der Waals surface area contributed by atoms with E-state index >= 15 is 0 Å². The zero-order valence-electron chi connectivity index (χ0n) is 12.8. The summed E-state index contributed by atoms with van der Waals surface area (Å²) in [6.07, 6.45) is 1.98. The van der Waals surface area contributed by atoms with Gasteiger partial charge in [0.15, 0.2) is 11.5 Å². The molecule has 0 amide bonds. The van der Waals surface area contributed by atoms with Gasteiger partial charge >= 0.3 is 0 Å². The maximum absolute atomic E-state index is 9.56. The lowest BCUT2D eigenvalue weighted by Gasteiger charge is -2.21. The van der Waals surface area contributed by atoms with Crippen LogP contribution in [-0.4, -0.2) is 19.7 Å². The minimum absolute atomic E-state index is 0.0831. The van der Waals surface area contributed by atoms with E-state index in [0.717, 1.165) is 17.0 Å². The molecule has 2 N–H and O–H groups in total. The van der Waals surface area contributed by atoms with E-state index in [1.807, 2.05) is 40.9 Å². The van der Waals surface area contributed by atoms with Crippen LogP contribution in [0.2, 0.25) is 0 Å². The van der Waals surface area contributed by atoms with Crippen LogP contribution in [0, 0.1) is 5.92 Å². The molecule has 2 aromatic heterocycles. The first-order valence-electron chi connectivity index (χ1n) is 7.46. The number of nitrogens with zero attached hydrogens (tertiary/aromatic N) is 3. The van der Waals surface area contributed by atoms with Crippen LogP contribution in [0.1, 0.15) is 31.3 Å². The van der Waals surface area contributed by atoms with Crippen LogP contribution >= 0.6 is 0 Å². The summed E-state index contributed by atoms with van der Waals surface area (Å²) in [7, 11) is 0. The third kappa shape index (κ3) is 2.94. The average molecular weight is 296 g/mol. The molecule has 3 aromatic rings. The number of aromatic nitrogens is 3. The van der Waals surface area contributed by atoms with Crippen molar-refractivity contribution in [1.29, 1.82) is 0 Å². The van der Waals surface area contributed by atoms with Gasteiger partial charge in [0.1, 0.15) is 5.75 Å². The van der Waals surface area contributed by atoms with Gasteiger partial charge in [0, 0.05) is 12.7 Å². The van der Waals surface area contributed by atoms with Gasteiger partial charge in [-0.2, -0.15) is 0 Å². The minimum Gasteiger partial charge on any atom is -0.508 e. The zero-order valence-corrected chi connectivity index (χ0v) is 12.8. The second kappa shape index (κ2) is 6.15. The molecule has 0 bridgehead atoms. The number of benzene rings is 1. The molecule has 0 fully saturated rings. The predicted molar refractivity (Wildman–Crippen MR) is 85.5 cm³/mol. The molecule has 0 spiro atoms. The molecule has 2 heterocycles. The summed E-state index contributed by atoms with van der Waals surface area (Å²) >= 11 is 0. The molecule has 0 unspecified atom stereocenters. The predicted octanol–water partition coefficient (Wildman–Crippen LogP) is 2.92. The van der Waals surface area contributed by atoms with Gasteiger partial charge in [-0.05, 0) is 35.7 Å². The number of nitrogens with one attached hydrogen (secondary N) is 1. The number of rotatable bonds is 5. The highest BCUT2D eigenvalue weighted by atomic mass is 16.3. The van der Waals surface area contributed by atoms with E-state index in [0.29, 0.717) is 12.5 Å². The van der Waals surface area contributed by atoms with Gasteiger partial charge < -0.3 is 10.4 Å². The van der Waals surface area contributed by atoms with Crippen LogP contribution in [0.4, 0.5) is 0 Å². The Morgan fingerprint density at radius 3 is 2.77 bits per heavy atom. The maximum Gasteiger partial charge on any atom is 0.160 e. The summed E-state index contributed by atoms with van der Waals surface area (Å²) in [5.74, 6) is 1.56. The van der Waals surface area contributed by atoms with Gasteiger partial charge in [-0.15, -0.1) is 10.2 Å². The minimum atomic E-state index is 0.0831. The fraction of sp³-hybridized carbons (Fsp3) is 0.294. The molecule has 1 aromatic carbocycles. The molecule has 22 heavy (non-hydrogen) atoms. The van der Waals surface area contributed by atoms with E-state index in [2.05, 4.69) is 29.4 Å². The van der Waals surface area contributed by atoms with Crippen LogP contribution in [-0.2, 0) is 6.54 Å². The van der Waals surface area contributed by atoms with Gasteiger partial charge in [0.25, 0.3) is 0 Å². The third-order valence-corrected chi connectivity index (χ3v) is 3.72. The molecule has 3 rings (SSSR count). The van der Waals surface area contributed by atoms with Gasteiger partial charge in [-0.25, -0.2) is 0 Å². The van der Waals surface area contributed by atoms with Gasteiger partial charge in [-0.3, -0.25) is 4.40 Å².